The van der Waals surface area contributed by atoms with Crippen molar-refractivity contribution in [1.82, 2.24) is 0 Å². The first-order valence-corrected chi connectivity index (χ1v) is 3.94. The summed E-state index contributed by atoms with van der Waals surface area (Å²) >= 11 is 0. The summed E-state index contributed by atoms with van der Waals surface area (Å²) in [6, 6.07) is 2.41. The van der Waals surface area contributed by atoms with E-state index < -0.39 is 23.5 Å². The number of aliphatic carboxylic acids is 1. The smallest absolute Gasteiger partial charge is 0.873 e. The van der Waals surface area contributed by atoms with Crippen molar-refractivity contribution >= 4 is 5.97 Å². The number of nitrogens with two attached hydrogens (primary N) is 1. The fourth-order valence-corrected chi connectivity index (χ4v) is 1.02. The van der Waals surface area contributed by atoms with Crippen LogP contribution in [0.1, 0.15) is 5.56 Å². The fraction of sp³-hybridized carbons (Fsp3) is 0.222. The van der Waals surface area contributed by atoms with Gasteiger partial charge >= 0.3 is 39.9 Å². The van der Waals surface area contributed by atoms with Gasteiger partial charge in [-0.2, -0.15) is 0 Å². The molecule has 1 atom stereocenters. The van der Waals surface area contributed by atoms with Gasteiger partial charge in [0.2, 0.25) is 0 Å². The normalized spacial score (nSPS) is 11.5. The topological polar surface area (TPSA) is 112 Å². The molecule has 81 valence electrons. The Hall–Kier alpha value is -0.425. The van der Waals surface area contributed by atoms with Gasteiger partial charge in [-0.25, -0.2) is 0 Å². The van der Waals surface area contributed by atoms with E-state index in [1.165, 1.54) is 6.07 Å². The average molecular weight is 351 g/mol. The maximum absolute atomic E-state index is 10.9. The van der Waals surface area contributed by atoms with E-state index in [0.717, 1.165) is 12.1 Å². The summed E-state index contributed by atoms with van der Waals surface area (Å²) in [5, 5.41) is 31.9. The van der Waals surface area contributed by atoms with Gasteiger partial charge in [0, 0.05) is 6.04 Å². The maximum atomic E-state index is 10.9. The van der Waals surface area contributed by atoms with Crippen molar-refractivity contribution < 1.29 is 60.1 Å². The molecule has 0 aliphatic carbocycles. The van der Waals surface area contributed by atoms with Crippen LogP contribution in [0.4, 0.5) is 0 Å². The van der Waals surface area contributed by atoms with Crippen LogP contribution in [-0.2, 0) is 11.2 Å². The minimum absolute atomic E-state index is 0. The molecule has 2 N–H and O–H groups in total. The minimum Gasteiger partial charge on any atom is -0.873 e. The van der Waals surface area contributed by atoms with Gasteiger partial charge in [0.25, 0.3) is 0 Å². The Bertz CT molecular complexity index is 356. The quantitative estimate of drug-likeness (QED) is 0.644. The SMILES string of the molecule is N[C@@H](Cc1ccc([O-])c([O-])c1)C(=O)[O-].[Gd+3]. The van der Waals surface area contributed by atoms with Gasteiger partial charge in [-0.05, 0) is 12.0 Å². The van der Waals surface area contributed by atoms with Crippen LogP contribution in [0.3, 0.4) is 0 Å². The maximum Gasteiger partial charge on any atom is 3.00 e. The van der Waals surface area contributed by atoms with Crippen LogP contribution in [0.15, 0.2) is 18.2 Å². The summed E-state index contributed by atoms with van der Waals surface area (Å²) in [7, 11) is 0. The van der Waals surface area contributed by atoms with Crippen molar-refractivity contribution in [3.05, 3.63) is 23.8 Å². The summed E-state index contributed by atoms with van der Waals surface area (Å²) in [4.78, 5) is 10.3. The van der Waals surface area contributed by atoms with Gasteiger partial charge in [-0.15, -0.1) is 11.5 Å². The Morgan fingerprint density at radius 3 is 2.40 bits per heavy atom. The van der Waals surface area contributed by atoms with Crippen molar-refractivity contribution in [2.75, 3.05) is 0 Å². The molecule has 0 aliphatic heterocycles. The Balaban J connectivity index is 0.00000196. The van der Waals surface area contributed by atoms with Crippen LogP contribution in [0, 0.1) is 39.9 Å². The van der Waals surface area contributed by atoms with E-state index >= 15 is 0 Å². The van der Waals surface area contributed by atoms with E-state index in [2.05, 4.69) is 0 Å². The van der Waals surface area contributed by atoms with Gasteiger partial charge in [-0.3, -0.25) is 0 Å². The third-order valence-corrected chi connectivity index (χ3v) is 1.77. The van der Waals surface area contributed by atoms with E-state index in [9.17, 15) is 20.1 Å². The molecule has 0 unspecified atom stereocenters. The molecule has 0 heterocycles. The zero-order chi connectivity index (χ0) is 10.7. The third-order valence-electron chi connectivity index (χ3n) is 1.77. The van der Waals surface area contributed by atoms with Crippen molar-refractivity contribution in [2.24, 2.45) is 5.73 Å². The van der Waals surface area contributed by atoms with Crippen molar-refractivity contribution in [3.8, 4) is 11.5 Å². The monoisotopic (exact) mass is 352 g/mol. The van der Waals surface area contributed by atoms with Gasteiger partial charge in [0.1, 0.15) is 0 Å². The molecular formula is C9H8GdNO4. The summed E-state index contributed by atoms with van der Waals surface area (Å²) in [6.45, 7) is 0. The van der Waals surface area contributed by atoms with Crippen LogP contribution in [0.2, 0.25) is 0 Å². The van der Waals surface area contributed by atoms with Crippen molar-refractivity contribution in [2.45, 2.75) is 12.5 Å². The number of carbonyl (C=O) groups is 1. The zero-order valence-corrected chi connectivity index (χ0v) is 9.85. The summed E-state index contributed by atoms with van der Waals surface area (Å²) < 4.78 is 0. The molecule has 1 aromatic rings. The summed E-state index contributed by atoms with van der Waals surface area (Å²) in [6.07, 6.45) is -0.0160. The molecular weight excluding hydrogens is 343 g/mol. The minimum atomic E-state index is -1.39. The van der Waals surface area contributed by atoms with Gasteiger partial charge < -0.3 is 25.8 Å². The number of hydrogen-bond donors (Lipinski definition) is 1. The molecule has 6 heteroatoms. The Morgan fingerprint density at radius 1 is 1.33 bits per heavy atom. The first kappa shape index (κ1) is 14.6. The standard InChI is InChI=1S/C9H11NO4.Gd/c10-6(9(13)14)3-5-1-2-7(11)8(12)4-5;/h1-2,4,6,11-12H,3,10H2,(H,13,14);/q;+3/p-3/t6-;/m0./s1. The predicted octanol–water partition coefficient (Wildman–Crippen LogP) is -2.55. The summed E-state index contributed by atoms with van der Waals surface area (Å²) in [5.41, 5.74) is 5.62. The van der Waals surface area contributed by atoms with Crippen LogP contribution >= 0.6 is 0 Å². The van der Waals surface area contributed by atoms with Crippen molar-refractivity contribution in [1.29, 1.82) is 0 Å². The van der Waals surface area contributed by atoms with E-state index in [-0.39, 0.29) is 46.4 Å². The molecule has 0 bridgehead atoms. The van der Waals surface area contributed by atoms with Crippen LogP contribution in [0.25, 0.3) is 0 Å². The van der Waals surface area contributed by atoms with E-state index in [4.69, 9.17) is 5.73 Å². The molecule has 0 aromatic heterocycles. The molecule has 1 aromatic carbocycles. The Kier molecular flexibility index (Phi) is 6.04. The Labute approximate surface area is 119 Å². The first-order chi connectivity index (χ1) is 6.50. The number of carbonyl (C=O) groups excluding carboxylic acids is 1. The Morgan fingerprint density at radius 2 is 1.93 bits per heavy atom. The number of rotatable bonds is 3. The third kappa shape index (κ3) is 4.30. The molecule has 0 amide bonds. The fourth-order valence-electron chi connectivity index (χ4n) is 1.02. The molecule has 0 saturated carbocycles. The molecule has 1 radical (unpaired) electrons. The van der Waals surface area contributed by atoms with Gasteiger partial charge in [0.05, 0.1) is 5.97 Å². The molecule has 0 aliphatic rings. The van der Waals surface area contributed by atoms with E-state index in [1.54, 1.807) is 0 Å². The van der Waals surface area contributed by atoms with E-state index in [1.807, 2.05) is 0 Å². The molecule has 0 spiro atoms. The largest absolute Gasteiger partial charge is 3.00 e. The molecule has 5 nitrogen and oxygen atoms in total. The molecule has 0 fully saturated rings. The first-order valence-electron chi connectivity index (χ1n) is 3.94. The van der Waals surface area contributed by atoms with Crippen LogP contribution in [-0.4, -0.2) is 12.0 Å². The van der Waals surface area contributed by atoms with Crippen LogP contribution < -0.4 is 21.1 Å². The average Bonchev–Trinajstić information content (AvgIpc) is 2.11. The second-order valence-corrected chi connectivity index (χ2v) is 2.91. The summed E-state index contributed by atoms with van der Waals surface area (Å²) in [5.74, 6) is -2.66. The number of hydrogen-bond acceptors (Lipinski definition) is 5. The molecule has 1 rings (SSSR count). The molecule has 15 heavy (non-hydrogen) atoms. The second-order valence-electron chi connectivity index (χ2n) is 2.91. The number of carboxylic acid groups (broad SMARTS) is 1. The zero-order valence-electron chi connectivity index (χ0n) is 7.58. The van der Waals surface area contributed by atoms with Crippen LogP contribution in [0.5, 0.6) is 11.5 Å². The van der Waals surface area contributed by atoms with Gasteiger partial charge in [0.15, 0.2) is 0 Å². The van der Waals surface area contributed by atoms with Gasteiger partial charge in [-0.1, -0.05) is 18.2 Å². The predicted molar refractivity (Wildman–Crippen MR) is 42.0 cm³/mol. The molecule has 0 saturated heterocycles. The van der Waals surface area contributed by atoms with Crippen molar-refractivity contribution in [3.63, 3.8) is 0 Å². The number of carboxylic acids is 1. The number of benzene rings is 1. The second kappa shape index (κ2) is 6.22. The van der Waals surface area contributed by atoms with E-state index in [0.29, 0.717) is 5.56 Å².